The third-order valence-electron chi connectivity index (χ3n) is 6.20. The summed E-state index contributed by atoms with van der Waals surface area (Å²) < 4.78 is 0. The van der Waals surface area contributed by atoms with Crippen LogP contribution in [0, 0.1) is 5.92 Å². The van der Waals surface area contributed by atoms with Gasteiger partial charge in [-0.2, -0.15) is 0 Å². The molecule has 3 heteroatoms. The first kappa shape index (κ1) is 12.5. The van der Waals surface area contributed by atoms with E-state index in [1.54, 1.807) is 0 Å². The lowest BCUT2D eigenvalue weighted by Gasteiger charge is -2.58. The number of hydrogen-bond acceptors (Lipinski definition) is 3. The molecule has 3 nitrogen and oxygen atoms in total. The number of likely N-dealkylation sites (tertiary alicyclic amines) is 1. The first-order valence-corrected chi connectivity index (χ1v) is 7.87. The van der Waals surface area contributed by atoms with Gasteiger partial charge in [0.15, 0.2) is 11.5 Å². The molecule has 2 N–H and O–H groups in total. The van der Waals surface area contributed by atoms with Gasteiger partial charge in [-0.3, -0.25) is 0 Å². The van der Waals surface area contributed by atoms with Crippen LogP contribution in [-0.4, -0.2) is 34.7 Å². The Kier molecular flexibility index (Phi) is 2.59. The van der Waals surface area contributed by atoms with Gasteiger partial charge in [-0.05, 0) is 68.5 Å². The van der Waals surface area contributed by atoms with E-state index in [2.05, 4.69) is 11.9 Å². The van der Waals surface area contributed by atoms with Gasteiger partial charge in [0.1, 0.15) is 0 Å². The fourth-order valence-corrected chi connectivity index (χ4v) is 5.23. The van der Waals surface area contributed by atoms with Crippen LogP contribution in [0.25, 0.3) is 0 Å². The van der Waals surface area contributed by atoms with Gasteiger partial charge in [-0.25, -0.2) is 0 Å². The summed E-state index contributed by atoms with van der Waals surface area (Å²) in [6.07, 6.45) is 7.42. The van der Waals surface area contributed by atoms with Gasteiger partial charge in [0.25, 0.3) is 0 Å². The topological polar surface area (TPSA) is 43.7 Å². The van der Waals surface area contributed by atoms with Crippen LogP contribution in [0.15, 0.2) is 12.1 Å². The highest BCUT2D eigenvalue weighted by Crippen LogP contribution is 2.56. The number of hydrogen-bond donors (Lipinski definition) is 2. The molecule has 1 aromatic rings. The number of rotatable bonds is 0. The molecule has 2 bridgehead atoms. The number of phenols is 2. The average Bonchev–Trinajstić information content (AvgIpc) is 2.45. The number of benzene rings is 1. The van der Waals surface area contributed by atoms with Crippen molar-refractivity contribution in [2.75, 3.05) is 13.6 Å². The molecule has 1 saturated carbocycles. The molecule has 1 unspecified atom stereocenters. The standard InChI is InChI=1S/C17H23NO2/c1-18-7-6-17-5-3-2-4-12(17)14(18)8-11-9-15(19)16(20)10-13(11)17/h9-10,12,14,19-20H,2-8H2,1H3/t12?,14-,17-/m0/s1. The normalized spacial score (nSPS) is 36.2. The number of phenolic OH excluding ortho intramolecular Hbond substituents is 2. The van der Waals surface area contributed by atoms with Gasteiger partial charge in [-0.15, -0.1) is 0 Å². The zero-order valence-corrected chi connectivity index (χ0v) is 12.1. The summed E-state index contributed by atoms with van der Waals surface area (Å²) in [7, 11) is 2.24. The van der Waals surface area contributed by atoms with E-state index in [0.717, 1.165) is 18.9 Å². The van der Waals surface area contributed by atoms with Crippen LogP contribution in [-0.2, 0) is 11.8 Å². The summed E-state index contributed by atoms with van der Waals surface area (Å²) in [6, 6.07) is 4.29. The van der Waals surface area contributed by atoms with Gasteiger partial charge in [0.05, 0.1) is 0 Å². The zero-order chi connectivity index (χ0) is 13.9. The van der Waals surface area contributed by atoms with E-state index in [1.165, 1.54) is 43.2 Å². The Bertz CT molecular complexity index is 556. The smallest absolute Gasteiger partial charge is 0.157 e. The van der Waals surface area contributed by atoms with E-state index < -0.39 is 0 Å². The molecule has 20 heavy (non-hydrogen) atoms. The van der Waals surface area contributed by atoms with Crippen molar-refractivity contribution in [2.24, 2.45) is 5.92 Å². The minimum Gasteiger partial charge on any atom is -0.504 e. The molecule has 1 saturated heterocycles. The predicted octanol–water partition coefficient (Wildman–Crippen LogP) is 2.79. The fraction of sp³-hybridized carbons (Fsp3) is 0.647. The maximum atomic E-state index is 9.95. The Morgan fingerprint density at radius 1 is 1.15 bits per heavy atom. The number of aromatic hydroxyl groups is 2. The Labute approximate surface area is 120 Å². The molecule has 0 radical (unpaired) electrons. The van der Waals surface area contributed by atoms with Gasteiger partial charge >= 0.3 is 0 Å². The lowest BCUT2D eigenvalue weighted by atomic mass is 9.52. The predicted molar refractivity (Wildman–Crippen MR) is 78.1 cm³/mol. The number of nitrogens with zero attached hydrogens (tertiary/aromatic N) is 1. The van der Waals surface area contributed by atoms with Crippen molar-refractivity contribution >= 4 is 0 Å². The second kappa shape index (κ2) is 4.14. The maximum Gasteiger partial charge on any atom is 0.157 e. The molecule has 3 aliphatic rings. The molecule has 0 amide bonds. The highest BCUT2D eigenvalue weighted by atomic mass is 16.3. The number of piperidine rings is 1. The van der Waals surface area contributed by atoms with Crippen LogP contribution in [0.1, 0.15) is 43.2 Å². The highest BCUT2D eigenvalue weighted by molar-refractivity contribution is 5.51. The van der Waals surface area contributed by atoms with E-state index in [4.69, 9.17) is 0 Å². The number of fused-ring (bicyclic) bond motifs is 1. The van der Waals surface area contributed by atoms with E-state index in [1.807, 2.05) is 12.1 Å². The molecule has 1 heterocycles. The van der Waals surface area contributed by atoms with Crippen molar-refractivity contribution in [3.63, 3.8) is 0 Å². The minimum absolute atomic E-state index is 0.0372. The van der Waals surface area contributed by atoms with Crippen LogP contribution in [0.5, 0.6) is 11.5 Å². The third-order valence-corrected chi connectivity index (χ3v) is 6.20. The van der Waals surface area contributed by atoms with Crippen LogP contribution < -0.4 is 0 Å². The third kappa shape index (κ3) is 1.50. The van der Waals surface area contributed by atoms with Gasteiger partial charge in [0, 0.05) is 11.5 Å². The first-order chi connectivity index (χ1) is 9.62. The highest BCUT2D eigenvalue weighted by Gasteiger charge is 2.53. The Morgan fingerprint density at radius 2 is 1.95 bits per heavy atom. The van der Waals surface area contributed by atoms with Crippen molar-refractivity contribution < 1.29 is 10.2 Å². The van der Waals surface area contributed by atoms with E-state index in [-0.39, 0.29) is 16.9 Å². The van der Waals surface area contributed by atoms with Crippen molar-refractivity contribution in [3.05, 3.63) is 23.3 Å². The Balaban J connectivity index is 1.92. The lowest BCUT2D eigenvalue weighted by molar-refractivity contribution is 0.00265. The van der Waals surface area contributed by atoms with Gasteiger partial charge < -0.3 is 15.1 Å². The Morgan fingerprint density at radius 3 is 2.80 bits per heavy atom. The summed E-state index contributed by atoms with van der Waals surface area (Å²) in [5.74, 6) is 0.821. The van der Waals surface area contributed by atoms with E-state index in [9.17, 15) is 10.2 Å². The van der Waals surface area contributed by atoms with Crippen LogP contribution >= 0.6 is 0 Å². The SMILES string of the molecule is CN1CC[C@@]23CCCCC2[C@@H]1Cc1cc(O)c(O)cc13. The summed E-state index contributed by atoms with van der Waals surface area (Å²) in [5.41, 5.74) is 2.85. The quantitative estimate of drug-likeness (QED) is 0.714. The van der Waals surface area contributed by atoms with Crippen LogP contribution in [0.3, 0.4) is 0 Å². The van der Waals surface area contributed by atoms with Crippen molar-refractivity contribution in [1.29, 1.82) is 0 Å². The largest absolute Gasteiger partial charge is 0.504 e. The first-order valence-electron chi connectivity index (χ1n) is 7.87. The van der Waals surface area contributed by atoms with E-state index in [0.29, 0.717) is 6.04 Å². The average molecular weight is 273 g/mol. The second-order valence-electron chi connectivity index (χ2n) is 7.01. The molecule has 108 valence electrons. The van der Waals surface area contributed by atoms with E-state index >= 15 is 0 Å². The molecule has 1 aromatic carbocycles. The molecule has 1 aliphatic heterocycles. The summed E-state index contributed by atoms with van der Waals surface area (Å²) in [4.78, 5) is 2.51. The Hall–Kier alpha value is -1.22. The molecule has 4 rings (SSSR count). The van der Waals surface area contributed by atoms with Gasteiger partial charge in [-0.1, -0.05) is 12.8 Å². The fourth-order valence-electron chi connectivity index (χ4n) is 5.23. The van der Waals surface area contributed by atoms with Crippen molar-refractivity contribution in [3.8, 4) is 11.5 Å². The zero-order valence-electron chi connectivity index (χ0n) is 12.1. The summed E-state index contributed by atoms with van der Waals surface area (Å²) in [5, 5.41) is 19.8. The van der Waals surface area contributed by atoms with Crippen LogP contribution in [0.2, 0.25) is 0 Å². The molecule has 2 fully saturated rings. The molecule has 2 aliphatic carbocycles. The molecule has 0 aromatic heterocycles. The van der Waals surface area contributed by atoms with Crippen molar-refractivity contribution in [2.45, 2.75) is 50.0 Å². The molecule has 3 atom stereocenters. The number of likely N-dealkylation sites (N-methyl/N-ethyl adjacent to an activating group) is 1. The summed E-state index contributed by atoms with van der Waals surface area (Å²) in [6.45, 7) is 1.16. The molecular formula is C17H23NO2. The molecule has 0 spiro atoms. The van der Waals surface area contributed by atoms with Gasteiger partial charge in [0.2, 0.25) is 0 Å². The summed E-state index contributed by atoms with van der Waals surface area (Å²) >= 11 is 0. The van der Waals surface area contributed by atoms with Crippen molar-refractivity contribution in [1.82, 2.24) is 4.90 Å². The minimum atomic E-state index is 0.0372. The lowest BCUT2D eigenvalue weighted by Crippen LogP contribution is -2.59. The molecular weight excluding hydrogens is 250 g/mol. The second-order valence-corrected chi connectivity index (χ2v) is 7.01. The maximum absolute atomic E-state index is 9.95. The van der Waals surface area contributed by atoms with Crippen LogP contribution in [0.4, 0.5) is 0 Å². The monoisotopic (exact) mass is 273 g/mol.